The van der Waals surface area contributed by atoms with E-state index >= 15 is 0 Å². The first-order valence-electron chi connectivity index (χ1n) is 4.86. The first-order valence-corrected chi connectivity index (χ1v) is 5.66. The van der Waals surface area contributed by atoms with E-state index in [4.69, 9.17) is 0 Å². The van der Waals surface area contributed by atoms with Crippen molar-refractivity contribution in [3.63, 3.8) is 0 Å². The van der Waals surface area contributed by atoms with Crippen LogP contribution in [0.3, 0.4) is 0 Å². The Kier molecular flexibility index (Phi) is 4.83. The second kappa shape index (κ2) is 5.68. The quantitative estimate of drug-likeness (QED) is 0.803. The van der Waals surface area contributed by atoms with Gasteiger partial charge in [-0.05, 0) is 35.0 Å². The fourth-order valence-electron chi connectivity index (χ4n) is 1.71. The predicted molar refractivity (Wildman–Crippen MR) is 68.9 cm³/mol. The molecule has 0 saturated carbocycles. The van der Waals surface area contributed by atoms with Crippen LogP contribution in [-0.4, -0.2) is 30.7 Å². The Balaban J connectivity index is 0.00000112. The molecule has 3 nitrogen and oxygen atoms in total. The summed E-state index contributed by atoms with van der Waals surface area (Å²) in [6, 6.07) is 6.58. The van der Waals surface area contributed by atoms with Gasteiger partial charge < -0.3 is 10.2 Å². The molecular formula is C10H15BrClN3. The van der Waals surface area contributed by atoms with Crippen molar-refractivity contribution in [3.05, 3.63) is 22.8 Å². The summed E-state index contributed by atoms with van der Waals surface area (Å²) in [6.45, 7) is 5.30. The molecule has 0 bridgehead atoms. The summed E-state index contributed by atoms with van der Waals surface area (Å²) in [4.78, 5) is 6.76. The van der Waals surface area contributed by atoms with Crippen LogP contribution < -0.4 is 10.2 Å². The molecule has 1 aliphatic heterocycles. The number of aromatic nitrogens is 1. The molecule has 1 aliphatic rings. The molecule has 1 aromatic heterocycles. The van der Waals surface area contributed by atoms with Crippen LogP contribution in [0.25, 0.3) is 0 Å². The lowest BCUT2D eigenvalue weighted by Crippen LogP contribution is -2.49. The highest BCUT2D eigenvalue weighted by molar-refractivity contribution is 9.10. The smallest absolute Gasteiger partial charge is 0.129 e. The van der Waals surface area contributed by atoms with Crippen LogP contribution in [0.4, 0.5) is 5.82 Å². The van der Waals surface area contributed by atoms with E-state index in [0.717, 1.165) is 30.1 Å². The minimum Gasteiger partial charge on any atom is -0.354 e. The van der Waals surface area contributed by atoms with E-state index < -0.39 is 0 Å². The predicted octanol–water partition coefficient (Wildman–Crippen LogP) is 2.06. The molecule has 1 N–H and O–H groups in total. The molecule has 15 heavy (non-hydrogen) atoms. The van der Waals surface area contributed by atoms with E-state index in [-0.39, 0.29) is 12.4 Å². The average molecular weight is 293 g/mol. The maximum atomic E-state index is 4.45. The Bertz CT molecular complexity index is 321. The lowest BCUT2D eigenvalue weighted by Gasteiger charge is -2.32. The average Bonchev–Trinajstić information content (AvgIpc) is 2.18. The van der Waals surface area contributed by atoms with Crippen molar-refractivity contribution in [1.82, 2.24) is 10.3 Å². The standard InChI is InChI=1S/C10H14BrN3.ClH/c1-8-7-14(6-5-12-8)10-4-2-3-9(11)13-10;/h2-4,8,12H,5-7H2,1H3;1H. The van der Waals surface area contributed by atoms with E-state index in [1.807, 2.05) is 12.1 Å². The number of piperazine rings is 1. The van der Waals surface area contributed by atoms with Gasteiger partial charge in [0.15, 0.2) is 0 Å². The Morgan fingerprint density at radius 2 is 2.33 bits per heavy atom. The van der Waals surface area contributed by atoms with E-state index in [1.165, 1.54) is 0 Å². The molecule has 1 saturated heterocycles. The number of hydrogen-bond acceptors (Lipinski definition) is 3. The van der Waals surface area contributed by atoms with Gasteiger partial charge in [-0.2, -0.15) is 0 Å². The highest BCUT2D eigenvalue weighted by Gasteiger charge is 2.16. The van der Waals surface area contributed by atoms with Crippen LogP contribution in [0.2, 0.25) is 0 Å². The van der Waals surface area contributed by atoms with E-state index in [1.54, 1.807) is 0 Å². The van der Waals surface area contributed by atoms with Crippen LogP contribution in [0.1, 0.15) is 6.92 Å². The Labute approximate surface area is 105 Å². The van der Waals surface area contributed by atoms with Gasteiger partial charge in [-0.25, -0.2) is 4.98 Å². The molecule has 0 aromatic carbocycles. The van der Waals surface area contributed by atoms with Gasteiger partial charge in [0.05, 0.1) is 0 Å². The molecule has 0 radical (unpaired) electrons. The van der Waals surface area contributed by atoms with Crippen molar-refractivity contribution in [1.29, 1.82) is 0 Å². The summed E-state index contributed by atoms with van der Waals surface area (Å²) in [5, 5.41) is 3.42. The molecule has 2 heterocycles. The van der Waals surface area contributed by atoms with E-state index in [9.17, 15) is 0 Å². The number of halogens is 2. The summed E-state index contributed by atoms with van der Waals surface area (Å²) in [5.74, 6) is 1.06. The van der Waals surface area contributed by atoms with Crippen LogP contribution in [0.15, 0.2) is 22.8 Å². The van der Waals surface area contributed by atoms with Crippen molar-refractivity contribution in [2.45, 2.75) is 13.0 Å². The van der Waals surface area contributed by atoms with Gasteiger partial charge in [-0.15, -0.1) is 12.4 Å². The zero-order chi connectivity index (χ0) is 9.97. The molecule has 84 valence electrons. The molecule has 0 amide bonds. The summed E-state index contributed by atoms with van der Waals surface area (Å²) >= 11 is 3.39. The van der Waals surface area contributed by atoms with Crippen molar-refractivity contribution in [2.24, 2.45) is 0 Å². The molecule has 5 heteroatoms. The molecule has 0 aliphatic carbocycles. The minimum absolute atomic E-state index is 0. The SMILES string of the molecule is CC1CN(c2cccc(Br)n2)CCN1.Cl. The number of rotatable bonds is 1. The Morgan fingerprint density at radius 3 is 3.00 bits per heavy atom. The second-order valence-electron chi connectivity index (χ2n) is 3.62. The van der Waals surface area contributed by atoms with E-state index in [2.05, 4.69) is 44.1 Å². The fraction of sp³-hybridized carbons (Fsp3) is 0.500. The van der Waals surface area contributed by atoms with Gasteiger partial charge in [-0.3, -0.25) is 0 Å². The molecular weight excluding hydrogens is 277 g/mol. The molecule has 1 atom stereocenters. The van der Waals surface area contributed by atoms with Crippen molar-refractivity contribution >= 4 is 34.2 Å². The molecule has 2 rings (SSSR count). The molecule has 0 spiro atoms. The zero-order valence-corrected chi connectivity index (χ0v) is 11.0. The lowest BCUT2D eigenvalue weighted by atomic mass is 10.2. The monoisotopic (exact) mass is 291 g/mol. The third kappa shape index (κ3) is 3.33. The molecule has 1 aromatic rings. The van der Waals surface area contributed by atoms with Crippen molar-refractivity contribution in [2.75, 3.05) is 24.5 Å². The van der Waals surface area contributed by atoms with Gasteiger partial charge in [-0.1, -0.05) is 6.07 Å². The third-order valence-electron chi connectivity index (χ3n) is 2.39. The topological polar surface area (TPSA) is 28.2 Å². The highest BCUT2D eigenvalue weighted by atomic mass is 79.9. The normalized spacial score (nSPS) is 20.9. The first kappa shape index (κ1) is 12.7. The third-order valence-corrected chi connectivity index (χ3v) is 2.83. The first-order chi connectivity index (χ1) is 6.75. The lowest BCUT2D eigenvalue weighted by molar-refractivity contribution is 0.482. The number of hydrogen-bond donors (Lipinski definition) is 1. The van der Waals surface area contributed by atoms with Crippen LogP contribution in [0.5, 0.6) is 0 Å². The van der Waals surface area contributed by atoms with Gasteiger partial charge >= 0.3 is 0 Å². The summed E-state index contributed by atoms with van der Waals surface area (Å²) in [7, 11) is 0. The van der Waals surface area contributed by atoms with Crippen LogP contribution in [-0.2, 0) is 0 Å². The summed E-state index contributed by atoms with van der Waals surface area (Å²) in [6.07, 6.45) is 0. The van der Waals surface area contributed by atoms with Gasteiger partial charge in [0, 0.05) is 25.7 Å². The Hall–Kier alpha value is -0.320. The Morgan fingerprint density at radius 1 is 1.53 bits per heavy atom. The highest BCUT2D eigenvalue weighted by Crippen LogP contribution is 2.16. The number of nitrogens with zero attached hydrogens (tertiary/aromatic N) is 2. The molecule has 1 fully saturated rings. The second-order valence-corrected chi connectivity index (χ2v) is 4.43. The number of pyridine rings is 1. The van der Waals surface area contributed by atoms with E-state index in [0.29, 0.717) is 6.04 Å². The van der Waals surface area contributed by atoms with Crippen molar-refractivity contribution in [3.8, 4) is 0 Å². The van der Waals surface area contributed by atoms with Crippen LogP contribution >= 0.6 is 28.3 Å². The minimum atomic E-state index is 0. The maximum absolute atomic E-state index is 4.45. The van der Waals surface area contributed by atoms with Gasteiger partial charge in [0.2, 0.25) is 0 Å². The van der Waals surface area contributed by atoms with Crippen LogP contribution in [0, 0.1) is 0 Å². The number of anilines is 1. The number of nitrogens with one attached hydrogen (secondary N) is 1. The largest absolute Gasteiger partial charge is 0.354 e. The van der Waals surface area contributed by atoms with Gasteiger partial charge in [0.1, 0.15) is 10.4 Å². The summed E-state index contributed by atoms with van der Waals surface area (Å²) in [5.41, 5.74) is 0. The van der Waals surface area contributed by atoms with Crippen molar-refractivity contribution < 1.29 is 0 Å². The fourth-order valence-corrected chi connectivity index (χ4v) is 2.05. The van der Waals surface area contributed by atoms with Gasteiger partial charge in [0.25, 0.3) is 0 Å². The zero-order valence-electron chi connectivity index (χ0n) is 8.61. The molecule has 1 unspecified atom stereocenters. The summed E-state index contributed by atoms with van der Waals surface area (Å²) < 4.78 is 0.904. The maximum Gasteiger partial charge on any atom is 0.129 e.